The molecule has 2 aliphatic heterocycles. The molecular formula is C50H65FN6O8. The maximum Gasteiger partial charge on any atom is 0.308 e. The van der Waals surface area contributed by atoms with Crippen LogP contribution in [0.5, 0.6) is 0 Å². The summed E-state index contributed by atoms with van der Waals surface area (Å²) in [6.45, 7) is 11.8. The monoisotopic (exact) mass is 896 g/mol. The Labute approximate surface area is 382 Å². The Kier molecular flexibility index (Phi) is 18.1. The van der Waals surface area contributed by atoms with E-state index in [0.717, 1.165) is 73.3 Å². The lowest BCUT2D eigenvalue weighted by Crippen LogP contribution is -2.48. The first kappa shape index (κ1) is 48.0. The average Bonchev–Trinajstić information content (AvgIpc) is 4.16. The standard InChI is InChI=1S/C50H65FN6O8/c1-4-18-60-20-22-62-24-26-64-27-25-63-23-21-61-19-14-49(58)65-44-8-6-17-55(36-44)48-30-47-45(29-46(48)51)50(59)40(34-57(47)41-11-12-41)33-56(32-39-13-15-52-38(3)28-39)43-7-5-16-54(35-43)42-10-9-37(2)53-31-42/h1,9-10,13,15,28-31,34,41,43-44H,5-8,11-12,14,16-27,32-33,35-36H2,2-3H3/t43?,44-/m0/s1. The molecule has 1 aliphatic carbocycles. The van der Waals surface area contributed by atoms with Gasteiger partial charge < -0.3 is 42.8 Å². The number of fused-ring (bicyclic) bond motifs is 1. The highest BCUT2D eigenvalue weighted by molar-refractivity contribution is 5.84. The summed E-state index contributed by atoms with van der Waals surface area (Å²) in [7, 11) is 0. The molecule has 1 unspecified atom stereocenters. The molecule has 0 radical (unpaired) electrons. The lowest BCUT2D eigenvalue weighted by molar-refractivity contribution is -0.150. The van der Waals surface area contributed by atoms with Gasteiger partial charge in [0.25, 0.3) is 0 Å². The number of hydrogen-bond acceptors (Lipinski definition) is 13. The van der Waals surface area contributed by atoms with E-state index in [4.69, 9.17) is 34.8 Å². The molecule has 3 aliphatic rings. The quantitative estimate of drug-likeness (QED) is 0.0428. The van der Waals surface area contributed by atoms with Crippen LogP contribution in [0.1, 0.15) is 73.5 Å². The molecule has 0 N–H and O–H groups in total. The summed E-state index contributed by atoms with van der Waals surface area (Å²) < 4.78 is 51.5. The van der Waals surface area contributed by atoms with Crippen molar-refractivity contribution < 1.29 is 37.6 Å². The van der Waals surface area contributed by atoms with E-state index in [1.165, 1.54) is 6.07 Å². The van der Waals surface area contributed by atoms with E-state index in [1.54, 1.807) is 0 Å². The van der Waals surface area contributed by atoms with Gasteiger partial charge in [-0.05, 0) is 94.3 Å². The van der Waals surface area contributed by atoms with Crippen LogP contribution in [0.25, 0.3) is 10.9 Å². The predicted octanol–water partition coefficient (Wildman–Crippen LogP) is 6.17. The summed E-state index contributed by atoms with van der Waals surface area (Å²) >= 11 is 0. The Morgan fingerprint density at radius 3 is 2.22 bits per heavy atom. The number of rotatable bonds is 25. The van der Waals surface area contributed by atoms with E-state index in [-0.39, 0.29) is 49.2 Å². The van der Waals surface area contributed by atoms with E-state index >= 15 is 4.39 Å². The van der Waals surface area contributed by atoms with Crippen molar-refractivity contribution >= 4 is 28.2 Å². The van der Waals surface area contributed by atoms with Crippen LogP contribution < -0.4 is 15.2 Å². The topological polar surface area (TPSA) is 130 Å². The van der Waals surface area contributed by atoms with Crippen LogP contribution in [0.2, 0.25) is 0 Å². The predicted molar refractivity (Wildman–Crippen MR) is 248 cm³/mol. The molecule has 15 heteroatoms. The van der Waals surface area contributed by atoms with Gasteiger partial charge in [-0.3, -0.25) is 24.5 Å². The van der Waals surface area contributed by atoms with Crippen molar-refractivity contribution in [2.45, 2.75) is 90.1 Å². The average molecular weight is 897 g/mol. The molecule has 5 heterocycles. The first-order valence-corrected chi connectivity index (χ1v) is 23.2. The minimum atomic E-state index is -0.450. The van der Waals surface area contributed by atoms with Gasteiger partial charge in [0.05, 0.1) is 95.5 Å². The van der Waals surface area contributed by atoms with Crippen LogP contribution in [0.15, 0.2) is 59.8 Å². The number of nitrogens with zero attached hydrogens (tertiary/aromatic N) is 6. The second-order valence-electron chi connectivity index (χ2n) is 17.2. The molecule has 0 amide bonds. The summed E-state index contributed by atoms with van der Waals surface area (Å²) in [6.07, 6.45) is 16.1. The lowest BCUT2D eigenvalue weighted by Gasteiger charge is -2.40. The Hall–Kier alpha value is -4.95. The fourth-order valence-electron chi connectivity index (χ4n) is 8.69. The van der Waals surface area contributed by atoms with Crippen molar-refractivity contribution in [2.75, 3.05) is 102 Å². The second kappa shape index (κ2) is 24.5. The molecule has 2 saturated heterocycles. The van der Waals surface area contributed by atoms with Crippen LogP contribution in [0.4, 0.5) is 15.8 Å². The molecule has 4 aromatic rings. The van der Waals surface area contributed by atoms with Crippen molar-refractivity contribution in [2.24, 2.45) is 0 Å². The largest absolute Gasteiger partial charge is 0.460 e. The second-order valence-corrected chi connectivity index (χ2v) is 17.2. The van der Waals surface area contributed by atoms with Crippen molar-refractivity contribution in [1.29, 1.82) is 0 Å². The summed E-state index contributed by atoms with van der Waals surface area (Å²) in [6, 6.07) is 12.0. The van der Waals surface area contributed by atoms with Gasteiger partial charge in [-0.2, -0.15) is 0 Å². The third-order valence-corrected chi connectivity index (χ3v) is 12.1. The fourth-order valence-corrected chi connectivity index (χ4v) is 8.69. The maximum absolute atomic E-state index is 16.3. The van der Waals surface area contributed by atoms with Crippen LogP contribution >= 0.6 is 0 Å². The lowest BCUT2D eigenvalue weighted by atomic mass is 10.0. The maximum atomic E-state index is 16.3. The number of terminal acetylenes is 1. The number of piperidine rings is 2. The van der Waals surface area contributed by atoms with Gasteiger partial charge in [-0.15, -0.1) is 6.42 Å². The van der Waals surface area contributed by atoms with Crippen LogP contribution in [0.3, 0.4) is 0 Å². The zero-order valence-corrected chi connectivity index (χ0v) is 38.1. The molecule has 14 nitrogen and oxygen atoms in total. The van der Waals surface area contributed by atoms with E-state index in [2.05, 4.69) is 48.5 Å². The Morgan fingerprint density at radius 2 is 1.52 bits per heavy atom. The Bertz CT molecular complexity index is 2250. The molecule has 0 bridgehead atoms. The summed E-state index contributed by atoms with van der Waals surface area (Å²) in [4.78, 5) is 43.1. The van der Waals surface area contributed by atoms with Gasteiger partial charge in [0, 0.05) is 79.5 Å². The van der Waals surface area contributed by atoms with Gasteiger partial charge in [0.15, 0.2) is 5.43 Å². The number of hydrogen-bond donors (Lipinski definition) is 0. The summed E-state index contributed by atoms with van der Waals surface area (Å²) in [5.74, 6) is 1.60. The Morgan fingerprint density at radius 1 is 0.815 bits per heavy atom. The van der Waals surface area contributed by atoms with Gasteiger partial charge in [-0.25, -0.2) is 4.39 Å². The number of benzene rings is 1. The van der Waals surface area contributed by atoms with Crippen molar-refractivity contribution in [3.8, 4) is 12.3 Å². The highest BCUT2D eigenvalue weighted by Crippen LogP contribution is 2.39. The zero-order valence-electron chi connectivity index (χ0n) is 38.1. The van der Waals surface area contributed by atoms with E-state index in [0.29, 0.717) is 102 Å². The van der Waals surface area contributed by atoms with Crippen molar-refractivity contribution in [1.82, 2.24) is 19.4 Å². The number of aromatic nitrogens is 3. The summed E-state index contributed by atoms with van der Waals surface area (Å²) in [5.41, 5.74) is 5.87. The molecule has 1 aromatic carbocycles. The molecule has 1 saturated carbocycles. The van der Waals surface area contributed by atoms with Crippen LogP contribution in [-0.2, 0) is 46.3 Å². The molecule has 3 aromatic heterocycles. The summed E-state index contributed by atoms with van der Waals surface area (Å²) in [5, 5.41) is 0.394. The van der Waals surface area contributed by atoms with Crippen molar-refractivity contribution in [3.63, 3.8) is 0 Å². The number of anilines is 2. The van der Waals surface area contributed by atoms with Gasteiger partial charge in [0.2, 0.25) is 0 Å². The number of esters is 1. The minimum absolute atomic E-state index is 0.108. The molecule has 350 valence electrons. The molecule has 2 atom stereocenters. The third-order valence-electron chi connectivity index (χ3n) is 12.1. The van der Waals surface area contributed by atoms with Crippen LogP contribution in [0, 0.1) is 32.0 Å². The number of ether oxygens (including phenoxy) is 6. The smallest absolute Gasteiger partial charge is 0.308 e. The van der Waals surface area contributed by atoms with E-state index < -0.39 is 5.82 Å². The highest BCUT2D eigenvalue weighted by Gasteiger charge is 2.31. The SMILES string of the molecule is C#CCOCCOCCOCCOCCOCCC(=O)O[C@H]1CCCN(c2cc3c(cc2F)c(=O)c(CN(Cc2ccnc(C)c2)C2CCCN(c4ccc(C)nc4)C2)cn3C2CC2)C1. The molecular weight excluding hydrogens is 832 g/mol. The Balaban J connectivity index is 0.935. The van der Waals surface area contributed by atoms with Gasteiger partial charge in [0.1, 0.15) is 18.5 Å². The first-order valence-electron chi connectivity index (χ1n) is 23.2. The minimum Gasteiger partial charge on any atom is -0.460 e. The number of halogens is 1. The fraction of sp³-hybridized carbons (Fsp3) is 0.560. The normalized spacial score (nSPS) is 17.8. The number of carbonyl (C=O) groups is 1. The first-order chi connectivity index (χ1) is 31.7. The molecule has 3 fully saturated rings. The molecule has 7 rings (SSSR count). The number of pyridine rings is 3. The highest BCUT2D eigenvalue weighted by atomic mass is 19.1. The zero-order chi connectivity index (χ0) is 45.4. The third kappa shape index (κ3) is 14.3. The van der Waals surface area contributed by atoms with Crippen molar-refractivity contribution in [3.05, 3.63) is 93.5 Å². The van der Waals surface area contributed by atoms with E-state index in [9.17, 15) is 9.59 Å². The number of aryl methyl sites for hydroxylation is 2. The van der Waals surface area contributed by atoms with E-state index in [1.807, 2.05) is 49.5 Å². The number of carbonyl (C=O) groups excluding carboxylic acids is 1. The van der Waals surface area contributed by atoms with Gasteiger partial charge in [-0.1, -0.05) is 5.92 Å². The molecule has 65 heavy (non-hydrogen) atoms. The van der Waals surface area contributed by atoms with Gasteiger partial charge >= 0.3 is 5.97 Å². The molecule has 0 spiro atoms. The van der Waals surface area contributed by atoms with Crippen LogP contribution in [-0.4, -0.2) is 130 Å².